The molecule has 1 aromatic carbocycles. The average Bonchev–Trinajstić information content (AvgIpc) is 3.14. The van der Waals surface area contributed by atoms with Gasteiger partial charge in [0.1, 0.15) is 5.54 Å². The fraction of sp³-hybridized carbons (Fsp3) is 0.462. The van der Waals surface area contributed by atoms with E-state index in [1.165, 1.54) is 0 Å². The van der Waals surface area contributed by atoms with Crippen LogP contribution in [0.5, 0.6) is 11.5 Å². The minimum atomic E-state index is -0.459. The van der Waals surface area contributed by atoms with Gasteiger partial charge in [0, 0.05) is 16.5 Å². The normalized spacial score (nSPS) is 19.6. The highest BCUT2D eigenvalue weighted by molar-refractivity contribution is 9.10. The largest absolute Gasteiger partial charge is 0.490 e. The Labute approximate surface area is 113 Å². The van der Waals surface area contributed by atoms with Crippen LogP contribution in [0.2, 0.25) is 0 Å². The maximum absolute atomic E-state index is 10.6. The lowest BCUT2D eigenvalue weighted by molar-refractivity contribution is 0.295. The van der Waals surface area contributed by atoms with Crippen LogP contribution in [-0.2, 0) is 10.3 Å². The van der Waals surface area contributed by atoms with E-state index in [1.54, 1.807) is 6.08 Å². The topological polar surface area (TPSA) is 47.9 Å². The van der Waals surface area contributed by atoms with E-state index in [1.807, 2.05) is 12.1 Å². The number of nitrogens with zero attached hydrogens (tertiary/aromatic N) is 1. The quantitative estimate of drug-likeness (QED) is 0.623. The molecule has 0 spiro atoms. The Balaban J connectivity index is 2.16. The third-order valence-corrected chi connectivity index (χ3v) is 3.97. The van der Waals surface area contributed by atoms with Gasteiger partial charge in [0.05, 0.1) is 13.2 Å². The Bertz CT molecular complexity index is 533. The second kappa shape index (κ2) is 4.41. The molecule has 94 valence electrons. The van der Waals surface area contributed by atoms with Crippen LogP contribution >= 0.6 is 15.9 Å². The van der Waals surface area contributed by atoms with Crippen molar-refractivity contribution in [1.29, 1.82) is 0 Å². The third kappa shape index (κ3) is 1.84. The summed E-state index contributed by atoms with van der Waals surface area (Å²) in [7, 11) is 0. The average molecular weight is 310 g/mol. The number of carbonyl (C=O) groups excluding carboxylic acids is 1. The minimum absolute atomic E-state index is 0.459. The molecule has 4 nitrogen and oxygen atoms in total. The molecule has 1 saturated carbocycles. The lowest BCUT2D eigenvalue weighted by Crippen LogP contribution is -2.08. The summed E-state index contributed by atoms with van der Waals surface area (Å²) >= 11 is 3.52. The summed E-state index contributed by atoms with van der Waals surface area (Å²) in [5, 5.41) is 0. The molecule has 3 rings (SSSR count). The summed E-state index contributed by atoms with van der Waals surface area (Å²) in [6.45, 7) is 1.27. The molecule has 1 aromatic rings. The predicted octanol–water partition coefficient (Wildman–Crippen LogP) is 2.94. The Morgan fingerprint density at radius 2 is 2.06 bits per heavy atom. The zero-order valence-electron chi connectivity index (χ0n) is 9.74. The van der Waals surface area contributed by atoms with E-state index in [2.05, 4.69) is 20.9 Å². The van der Waals surface area contributed by atoms with Crippen molar-refractivity contribution in [2.75, 3.05) is 13.2 Å². The fourth-order valence-corrected chi connectivity index (χ4v) is 2.95. The number of hydrogen-bond acceptors (Lipinski definition) is 4. The number of halogens is 1. The molecule has 18 heavy (non-hydrogen) atoms. The first-order valence-corrected chi connectivity index (χ1v) is 6.74. The number of benzene rings is 1. The van der Waals surface area contributed by atoms with Crippen molar-refractivity contribution in [3.8, 4) is 11.5 Å². The molecule has 0 N–H and O–H groups in total. The highest BCUT2D eigenvalue weighted by Crippen LogP contribution is 2.56. The monoisotopic (exact) mass is 309 g/mol. The van der Waals surface area contributed by atoms with Gasteiger partial charge in [-0.2, -0.15) is 4.99 Å². The van der Waals surface area contributed by atoms with Crippen LogP contribution in [0.3, 0.4) is 0 Å². The van der Waals surface area contributed by atoms with Gasteiger partial charge in [-0.15, -0.1) is 0 Å². The summed E-state index contributed by atoms with van der Waals surface area (Å²) in [6, 6.07) is 3.80. The number of ether oxygens (including phenoxy) is 2. The van der Waals surface area contributed by atoms with Gasteiger partial charge in [0.15, 0.2) is 11.5 Å². The van der Waals surface area contributed by atoms with E-state index >= 15 is 0 Å². The van der Waals surface area contributed by atoms with Crippen molar-refractivity contribution < 1.29 is 14.3 Å². The van der Waals surface area contributed by atoms with Crippen molar-refractivity contribution >= 4 is 22.0 Å². The summed E-state index contributed by atoms with van der Waals surface area (Å²) in [6.07, 6.45) is 4.23. The van der Waals surface area contributed by atoms with Gasteiger partial charge in [-0.1, -0.05) is 15.9 Å². The molecule has 1 fully saturated rings. The molecular weight excluding hydrogens is 298 g/mol. The van der Waals surface area contributed by atoms with Crippen LogP contribution in [0.4, 0.5) is 0 Å². The number of fused-ring (bicyclic) bond motifs is 1. The second-order valence-electron chi connectivity index (χ2n) is 4.53. The molecule has 0 unspecified atom stereocenters. The van der Waals surface area contributed by atoms with Crippen LogP contribution in [-0.4, -0.2) is 19.3 Å². The number of hydrogen-bond donors (Lipinski definition) is 0. The van der Waals surface area contributed by atoms with E-state index in [9.17, 15) is 4.79 Å². The number of rotatable bonds is 2. The Kier molecular flexibility index (Phi) is 2.88. The lowest BCUT2D eigenvalue weighted by atomic mass is 10.0. The number of isocyanates is 1. The predicted molar refractivity (Wildman–Crippen MR) is 68.8 cm³/mol. The van der Waals surface area contributed by atoms with Crippen molar-refractivity contribution in [2.24, 2.45) is 4.99 Å². The standard InChI is InChI=1S/C13H12BrNO3/c14-9-2-3-10-12(18-7-1-6-17-10)11(9)13(4-5-13)15-8-16/h2-3H,1,4-7H2. The van der Waals surface area contributed by atoms with Crippen molar-refractivity contribution in [3.63, 3.8) is 0 Å². The Morgan fingerprint density at radius 1 is 1.28 bits per heavy atom. The second-order valence-corrected chi connectivity index (χ2v) is 5.39. The van der Waals surface area contributed by atoms with Crippen molar-refractivity contribution in [2.45, 2.75) is 24.8 Å². The van der Waals surface area contributed by atoms with Gasteiger partial charge in [-0.3, -0.25) is 0 Å². The van der Waals surface area contributed by atoms with Gasteiger partial charge >= 0.3 is 0 Å². The molecule has 1 heterocycles. The highest BCUT2D eigenvalue weighted by atomic mass is 79.9. The van der Waals surface area contributed by atoms with Gasteiger partial charge in [-0.05, 0) is 25.0 Å². The molecule has 1 aliphatic heterocycles. The van der Waals surface area contributed by atoms with Gasteiger partial charge in [0.2, 0.25) is 6.08 Å². The molecule has 0 saturated heterocycles. The minimum Gasteiger partial charge on any atom is -0.490 e. The molecule has 5 heteroatoms. The van der Waals surface area contributed by atoms with E-state index in [0.717, 1.165) is 40.8 Å². The summed E-state index contributed by atoms with van der Waals surface area (Å²) in [5.74, 6) is 1.46. The number of aliphatic imine (C=N–C) groups is 1. The third-order valence-electron chi connectivity index (χ3n) is 3.31. The summed E-state index contributed by atoms with van der Waals surface area (Å²) in [4.78, 5) is 14.6. The van der Waals surface area contributed by atoms with Crippen LogP contribution in [0.1, 0.15) is 24.8 Å². The van der Waals surface area contributed by atoms with E-state index in [4.69, 9.17) is 9.47 Å². The molecule has 0 bridgehead atoms. The van der Waals surface area contributed by atoms with Gasteiger partial charge < -0.3 is 9.47 Å². The zero-order chi connectivity index (χ0) is 12.6. The van der Waals surface area contributed by atoms with Crippen LogP contribution in [0, 0.1) is 0 Å². The maximum atomic E-state index is 10.6. The molecule has 0 aromatic heterocycles. The van der Waals surface area contributed by atoms with Crippen LogP contribution in [0.15, 0.2) is 21.6 Å². The van der Waals surface area contributed by atoms with Crippen LogP contribution < -0.4 is 9.47 Å². The highest BCUT2D eigenvalue weighted by Gasteiger charge is 2.49. The molecular formula is C13H12BrNO3. The molecule has 0 atom stereocenters. The molecule has 0 radical (unpaired) electrons. The summed E-state index contributed by atoms with van der Waals surface area (Å²) in [5.41, 5.74) is 0.463. The smallest absolute Gasteiger partial charge is 0.235 e. The summed E-state index contributed by atoms with van der Waals surface area (Å²) < 4.78 is 12.4. The van der Waals surface area contributed by atoms with Gasteiger partial charge in [-0.25, -0.2) is 4.79 Å². The molecule has 0 amide bonds. The van der Waals surface area contributed by atoms with Crippen LogP contribution in [0.25, 0.3) is 0 Å². The van der Waals surface area contributed by atoms with Crippen molar-refractivity contribution in [1.82, 2.24) is 0 Å². The lowest BCUT2D eigenvalue weighted by Gasteiger charge is -2.18. The zero-order valence-corrected chi connectivity index (χ0v) is 11.3. The van der Waals surface area contributed by atoms with Gasteiger partial charge in [0.25, 0.3) is 0 Å². The van der Waals surface area contributed by atoms with Crippen molar-refractivity contribution in [3.05, 3.63) is 22.2 Å². The molecule has 1 aliphatic carbocycles. The van der Waals surface area contributed by atoms with E-state index in [-0.39, 0.29) is 0 Å². The Morgan fingerprint density at radius 3 is 2.78 bits per heavy atom. The molecule has 2 aliphatic rings. The maximum Gasteiger partial charge on any atom is 0.235 e. The SMILES string of the molecule is O=C=NC1(c2c(Br)ccc3c2OCCCO3)CC1. The fourth-order valence-electron chi connectivity index (χ4n) is 2.27. The van der Waals surface area contributed by atoms with E-state index < -0.39 is 5.54 Å². The van der Waals surface area contributed by atoms with E-state index in [0.29, 0.717) is 13.2 Å². The Hall–Kier alpha value is -1.32. The first-order chi connectivity index (χ1) is 8.77. The first kappa shape index (κ1) is 11.8. The first-order valence-electron chi connectivity index (χ1n) is 5.94.